The fourth-order valence-corrected chi connectivity index (χ4v) is 3.33. The molecule has 3 rings (SSSR count). The van der Waals surface area contributed by atoms with E-state index < -0.39 is 0 Å². The number of hydrogen-bond donors (Lipinski definition) is 0. The van der Waals surface area contributed by atoms with Crippen molar-refractivity contribution in [3.63, 3.8) is 0 Å². The van der Waals surface area contributed by atoms with Gasteiger partial charge in [-0.1, -0.05) is 0 Å². The lowest BCUT2D eigenvalue weighted by Crippen LogP contribution is -2.50. The summed E-state index contributed by atoms with van der Waals surface area (Å²) in [5, 5.41) is 7.38. The summed E-state index contributed by atoms with van der Waals surface area (Å²) in [6, 6.07) is 1.61. The van der Waals surface area contributed by atoms with Crippen LogP contribution in [0.2, 0.25) is 0 Å². The van der Waals surface area contributed by atoms with Gasteiger partial charge in [0.05, 0.1) is 10.7 Å². The number of nitrogens with zero attached hydrogens (tertiary/aromatic N) is 5. The molecule has 3 heterocycles. The molecule has 2 aromatic rings. The van der Waals surface area contributed by atoms with E-state index in [1.54, 1.807) is 22.2 Å². The predicted octanol–water partition coefficient (Wildman–Crippen LogP) is 1.55. The first-order valence-electron chi connectivity index (χ1n) is 7.55. The minimum Gasteiger partial charge on any atom is -0.338 e. The Morgan fingerprint density at radius 1 is 1.36 bits per heavy atom. The fraction of sp³-hybridized carbons (Fsp3) is 0.533. The summed E-state index contributed by atoms with van der Waals surface area (Å²) in [4.78, 5) is 21.3. The summed E-state index contributed by atoms with van der Waals surface area (Å²) in [5.74, 6) is 0.146. The number of amides is 1. The van der Waals surface area contributed by atoms with Crippen LogP contribution in [0.4, 0.5) is 0 Å². The summed E-state index contributed by atoms with van der Waals surface area (Å²) in [7, 11) is 0. The van der Waals surface area contributed by atoms with E-state index in [1.165, 1.54) is 0 Å². The van der Waals surface area contributed by atoms with Crippen molar-refractivity contribution >= 4 is 17.2 Å². The second-order valence-corrected chi connectivity index (χ2v) is 6.68. The van der Waals surface area contributed by atoms with Crippen LogP contribution in [0.5, 0.6) is 0 Å². The minimum atomic E-state index is -0.234. The summed E-state index contributed by atoms with van der Waals surface area (Å²) in [5.41, 5.74) is 1.13. The molecule has 1 saturated heterocycles. The minimum absolute atomic E-state index is 0.146. The highest BCUT2D eigenvalue weighted by molar-refractivity contribution is 7.09. The van der Waals surface area contributed by atoms with E-state index in [9.17, 15) is 4.79 Å². The standard InChI is InChI=1S/C15H21N5OS/c1-12(20-5-3-4-16-20)15(21)19-8-6-18(7-9-19)10-14-11-22-13(2)17-14/h3-5,11-12H,6-10H2,1-2H3. The Morgan fingerprint density at radius 2 is 2.14 bits per heavy atom. The molecule has 1 aliphatic heterocycles. The van der Waals surface area contributed by atoms with Crippen LogP contribution >= 0.6 is 11.3 Å². The predicted molar refractivity (Wildman–Crippen MR) is 85.6 cm³/mol. The van der Waals surface area contributed by atoms with Gasteiger partial charge in [0, 0.05) is 50.5 Å². The van der Waals surface area contributed by atoms with E-state index in [0.717, 1.165) is 43.4 Å². The molecule has 118 valence electrons. The number of piperazine rings is 1. The van der Waals surface area contributed by atoms with Crippen molar-refractivity contribution in [1.29, 1.82) is 0 Å². The van der Waals surface area contributed by atoms with Crippen LogP contribution in [-0.4, -0.2) is 56.7 Å². The topological polar surface area (TPSA) is 54.3 Å². The van der Waals surface area contributed by atoms with Gasteiger partial charge in [-0.15, -0.1) is 11.3 Å². The zero-order chi connectivity index (χ0) is 15.5. The Hall–Kier alpha value is -1.73. The second-order valence-electron chi connectivity index (χ2n) is 5.62. The molecule has 0 aromatic carbocycles. The summed E-state index contributed by atoms with van der Waals surface area (Å²) >= 11 is 1.69. The molecule has 0 bridgehead atoms. The van der Waals surface area contributed by atoms with Gasteiger partial charge in [0.1, 0.15) is 6.04 Å². The van der Waals surface area contributed by atoms with Crippen molar-refractivity contribution in [2.75, 3.05) is 26.2 Å². The van der Waals surface area contributed by atoms with Crippen molar-refractivity contribution in [2.24, 2.45) is 0 Å². The quantitative estimate of drug-likeness (QED) is 0.858. The van der Waals surface area contributed by atoms with Crippen LogP contribution in [-0.2, 0) is 11.3 Å². The van der Waals surface area contributed by atoms with Gasteiger partial charge >= 0.3 is 0 Å². The monoisotopic (exact) mass is 319 g/mol. The van der Waals surface area contributed by atoms with Crippen molar-refractivity contribution < 1.29 is 4.79 Å². The third-order valence-corrected chi connectivity index (χ3v) is 4.84. The molecule has 1 amide bonds. The molecule has 0 N–H and O–H groups in total. The average Bonchev–Trinajstić information content (AvgIpc) is 3.18. The molecule has 2 aromatic heterocycles. The molecule has 0 spiro atoms. The Labute approximate surface area is 134 Å². The van der Waals surface area contributed by atoms with Crippen LogP contribution in [0.15, 0.2) is 23.8 Å². The van der Waals surface area contributed by atoms with E-state index in [-0.39, 0.29) is 11.9 Å². The third kappa shape index (κ3) is 3.36. The third-order valence-electron chi connectivity index (χ3n) is 4.02. The first-order chi connectivity index (χ1) is 10.6. The molecule has 0 aliphatic carbocycles. The van der Waals surface area contributed by atoms with E-state index in [1.807, 2.05) is 31.0 Å². The van der Waals surface area contributed by atoms with E-state index >= 15 is 0 Å². The molecule has 1 unspecified atom stereocenters. The zero-order valence-corrected chi connectivity index (χ0v) is 13.8. The molecule has 22 heavy (non-hydrogen) atoms. The maximum atomic E-state index is 12.5. The number of rotatable bonds is 4. The van der Waals surface area contributed by atoms with Gasteiger partial charge in [-0.25, -0.2) is 4.98 Å². The van der Waals surface area contributed by atoms with Crippen LogP contribution in [0.25, 0.3) is 0 Å². The van der Waals surface area contributed by atoms with Gasteiger partial charge in [0.15, 0.2) is 0 Å². The number of thiazole rings is 1. The van der Waals surface area contributed by atoms with Gasteiger partial charge in [0.25, 0.3) is 0 Å². The number of carbonyl (C=O) groups excluding carboxylic acids is 1. The Morgan fingerprint density at radius 3 is 2.73 bits per heavy atom. The Kier molecular flexibility index (Phi) is 4.54. The highest BCUT2D eigenvalue weighted by atomic mass is 32.1. The van der Waals surface area contributed by atoms with E-state index in [4.69, 9.17) is 0 Å². The van der Waals surface area contributed by atoms with Gasteiger partial charge in [-0.05, 0) is 19.9 Å². The largest absolute Gasteiger partial charge is 0.338 e. The van der Waals surface area contributed by atoms with E-state index in [2.05, 4.69) is 20.4 Å². The zero-order valence-electron chi connectivity index (χ0n) is 13.0. The maximum Gasteiger partial charge on any atom is 0.247 e. The Balaban J connectivity index is 1.52. The highest BCUT2D eigenvalue weighted by Gasteiger charge is 2.26. The molecule has 0 saturated carbocycles. The van der Waals surface area contributed by atoms with Gasteiger partial charge < -0.3 is 4.90 Å². The lowest BCUT2D eigenvalue weighted by Gasteiger charge is -2.35. The smallest absolute Gasteiger partial charge is 0.247 e. The van der Waals surface area contributed by atoms with Crippen molar-refractivity contribution in [3.05, 3.63) is 34.5 Å². The van der Waals surface area contributed by atoms with Gasteiger partial charge in [-0.2, -0.15) is 5.10 Å². The van der Waals surface area contributed by atoms with Crippen LogP contribution in [0, 0.1) is 6.92 Å². The van der Waals surface area contributed by atoms with Crippen molar-refractivity contribution in [2.45, 2.75) is 26.4 Å². The number of carbonyl (C=O) groups is 1. The van der Waals surface area contributed by atoms with Gasteiger partial charge in [0.2, 0.25) is 5.91 Å². The lowest BCUT2D eigenvalue weighted by atomic mass is 10.2. The molecule has 6 nitrogen and oxygen atoms in total. The molecular formula is C15H21N5OS. The summed E-state index contributed by atoms with van der Waals surface area (Å²) in [6.45, 7) is 8.14. The normalized spacial score (nSPS) is 17.6. The molecule has 1 fully saturated rings. The first-order valence-corrected chi connectivity index (χ1v) is 8.43. The second kappa shape index (κ2) is 6.58. The highest BCUT2D eigenvalue weighted by Crippen LogP contribution is 2.14. The average molecular weight is 319 g/mol. The summed E-state index contributed by atoms with van der Waals surface area (Å²) < 4.78 is 1.72. The number of aryl methyl sites for hydroxylation is 1. The number of hydrogen-bond acceptors (Lipinski definition) is 5. The van der Waals surface area contributed by atoms with Crippen LogP contribution in [0.3, 0.4) is 0 Å². The summed E-state index contributed by atoms with van der Waals surface area (Å²) in [6.07, 6.45) is 3.54. The van der Waals surface area contributed by atoms with Crippen LogP contribution in [0.1, 0.15) is 23.7 Å². The van der Waals surface area contributed by atoms with Crippen molar-refractivity contribution in [1.82, 2.24) is 24.6 Å². The van der Waals surface area contributed by atoms with Crippen LogP contribution < -0.4 is 0 Å². The van der Waals surface area contributed by atoms with Crippen molar-refractivity contribution in [3.8, 4) is 0 Å². The Bertz CT molecular complexity index is 616. The molecule has 7 heteroatoms. The van der Waals surface area contributed by atoms with Gasteiger partial charge in [-0.3, -0.25) is 14.4 Å². The molecule has 1 aliphatic rings. The van der Waals surface area contributed by atoms with E-state index in [0.29, 0.717) is 0 Å². The number of aromatic nitrogens is 3. The first kappa shape index (κ1) is 15.2. The molecular weight excluding hydrogens is 298 g/mol. The fourth-order valence-electron chi connectivity index (χ4n) is 2.72. The lowest BCUT2D eigenvalue weighted by molar-refractivity contribution is -0.136. The maximum absolute atomic E-state index is 12.5. The SMILES string of the molecule is Cc1nc(CN2CCN(C(=O)C(C)n3cccn3)CC2)cs1. The molecule has 1 atom stereocenters. The molecule has 0 radical (unpaired) electrons.